The second kappa shape index (κ2) is 6.07. The van der Waals surface area contributed by atoms with E-state index in [2.05, 4.69) is 21.2 Å². The zero-order valence-electron chi connectivity index (χ0n) is 9.48. The van der Waals surface area contributed by atoms with E-state index in [1.54, 1.807) is 18.2 Å². The second-order valence-electron chi connectivity index (χ2n) is 3.80. The minimum atomic E-state index is -0.618. The summed E-state index contributed by atoms with van der Waals surface area (Å²) in [7, 11) is 0. The zero-order valence-corrected chi connectivity index (χ0v) is 12.6. The lowest BCUT2D eigenvalue weighted by Gasteiger charge is -2.10. The lowest BCUT2D eigenvalue weighted by atomic mass is 10.2. The SMILES string of the molecule is Fc1ccc(Br)c(F)c1CNc1ccc(Cl)c(Cl)c1. The van der Waals surface area contributed by atoms with E-state index in [1.165, 1.54) is 12.1 Å². The Balaban J connectivity index is 2.19. The smallest absolute Gasteiger partial charge is 0.145 e. The van der Waals surface area contributed by atoms with Crippen LogP contribution in [0.1, 0.15) is 5.56 Å². The molecule has 0 atom stereocenters. The van der Waals surface area contributed by atoms with Gasteiger partial charge in [-0.1, -0.05) is 23.2 Å². The van der Waals surface area contributed by atoms with Crippen molar-refractivity contribution in [1.29, 1.82) is 0 Å². The molecule has 0 saturated heterocycles. The molecule has 0 aliphatic heterocycles. The molecule has 0 bridgehead atoms. The molecule has 1 N–H and O–H groups in total. The molecule has 0 heterocycles. The van der Waals surface area contributed by atoms with Gasteiger partial charge in [0.25, 0.3) is 0 Å². The Kier molecular flexibility index (Phi) is 4.66. The lowest BCUT2D eigenvalue weighted by Crippen LogP contribution is -2.05. The average Bonchev–Trinajstić information content (AvgIpc) is 2.38. The van der Waals surface area contributed by atoms with Gasteiger partial charge in [0.15, 0.2) is 0 Å². The molecule has 0 aromatic heterocycles. The maximum Gasteiger partial charge on any atom is 0.145 e. The van der Waals surface area contributed by atoms with Gasteiger partial charge in [0, 0.05) is 17.8 Å². The van der Waals surface area contributed by atoms with Crippen molar-refractivity contribution in [1.82, 2.24) is 0 Å². The largest absolute Gasteiger partial charge is 0.381 e. The van der Waals surface area contributed by atoms with Crippen LogP contribution < -0.4 is 5.32 Å². The molecular formula is C13H8BrCl2F2N. The molecule has 19 heavy (non-hydrogen) atoms. The third-order valence-corrected chi connectivity index (χ3v) is 3.88. The van der Waals surface area contributed by atoms with Gasteiger partial charge in [0.05, 0.1) is 14.5 Å². The number of rotatable bonds is 3. The number of hydrogen-bond acceptors (Lipinski definition) is 1. The minimum Gasteiger partial charge on any atom is -0.381 e. The first kappa shape index (κ1) is 14.6. The fraction of sp³-hybridized carbons (Fsp3) is 0.0769. The molecule has 2 aromatic carbocycles. The predicted octanol–water partition coefficient (Wildman–Crippen LogP) is 5.65. The van der Waals surface area contributed by atoms with Gasteiger partial charge in [-0.3, -0.25) is 0 Å². The molecule has 0 aliphatic rings. The Bertz CT molecular complexity index is 620. The summed E-state index contributed by atoms with van der Waals surface area (Å²) in [4.78, 5) is 0. The topological polar surface area (TPSA) is 12.0 Å². The minimum absolute atomic E-state index is 0.00900. The van der Waals surface area contributed by atoms with Crippen LogP contribution in [0, 0.1) is 11.6 Å². The van der Waals surface area contributed by atoms with Crippen molar-refractivity contribution < 1.29 is 8.78 Å². The van der Waals surface area contributed by atoms with Crippen LogP contribution in [0.15, 0.2) is 34.8 Å². The Morgan fingerprint density at radius 3 is 2.47 bits per heavy atom. The van der Waals surface area contributed by atoms with Crippen LogP contribution in [-0.2, 0) is 6.54 Å². The summed E-state index contributed by atoms with van der Waals surface area (Å²) in [6.07, 6.45) is 0. The van der Waals surface area contributed by atoms with E-state index in [-0.39, 0.29) is 16.6 Å². The molecule has 2 aromatic rings. The third-order valence-electron chi connectivity index (χ3n) is 2.53. The van der Waals surface area contributed by atoms with E-state index in [0.29, 0.717) is 15.7 Å². The van der Waals surface area contributed by atoms with Gasteiger partial charge in [-0.05, 0) is 46.3 Å². The average molecular weight is 367 g/mol. The van der Waals surface area contributed by atoms with E-state index < -0.39 is 11.6 Å². The highest BCUT2D eigenvalue weighted by Crippen LogP contribution is 2.26. The van der Waals surface area contributed by atoms with Gasteiger partial charge in [-0.25, -0.2) is 8.78 Å². The first-order valence-corrected chi connectivity index (χ1v) is 6.85. The number of hydrogen-bond donors (Lipinski definition) is 1. The summed E-state index contributed by atoms with van der Waals surface area (Å²) in [5.74, 6) is -1.22. The van der Waals surface area contributed by atoms with E-state index >= 15 is 0 Å². The van der Waals surface area contributed by atoms with E-state index in [4.69, 9.17) is 23.2 Å². The first-order chi connectivity index (χ1) is 8.99. The van der Waals surface area contributed by atoms with E-state index in [9.17, 15) is 8.78 Å². The third kappa shape index (κ3) is 3.38. The number of halogens is 5. The molecule has 0 saturated carbocycles. The number of anilines is 1. The quantitative estimate of drug-likeness (QED) is 0.692. The van der Waals surface area contributed by atoms with Crippen LogP contribution in [-0.4, -0.2) is 0 Å². The molecule has 2 rings (SSSR count). The van der Waals surface area contributed by atoms with Crippen LogP contribution in [0.2, 0.25) is 10.0 Å². The Hall–Kier alpha value is -0.840. The molecule has 0 radical (unpaired) electrons. The van der Waals surface area contributed by atoms with Gasteiger partial charge in [-0.15, -0.1) is 0 Å². The summed E-state index contributed by atoms with van der Waals surface area (Å²) in [6.45, 7) is 0.00900. The molecule has 100 valence electrons. The molecule has 0 aliphatic carbocycles. The summed E-state index contributed by atoms with van der Waals surface area (Å²) in [5.41, 5.74) is 0.591. The highest BCUT2D eigenvalue weighted by Gasteiger charge is 2.12. The van der Waals surface area contributed by atoms with Crippen molar-refractivity contribution in [2.45, 2.75) is 6.54 Å². The van der Waals surface area contributed by atoms with Crippen molar-refractivity contribution in [2.24, 2.45) is 0 Å². The van der Waals surface area contributed by atoms with Crippen molar-refractivity contribution in [3.8, 4) is 0 Å². The summed E-state index contributed by atoms with van der Waals surface area (Å²) < 4.78 is 27.5. The zero-order chi connectivity index (χ0) is 14.0. The maximum atomic E-state index is 13.7. The molecule has 1 nitrogen and oxygen atoms in total. The van der Waals surface area contributed by atoms with Crippen molar-refractivity contribution in [2.75, 3.05) is 5.32 Å². The molecular weight excluding hydrogens is 359 g/mol. The summed E-state index contributed by atoms with van der Waals surface area (Å²) in [6, 6.07) is 7.42. The Morgan fingerprint density at radius 2 is 1.79 bits per heavy atom. The van der Waals surface area contributed by atoms with Crippen LogP contribution in [0.25, 0.3) is 0 Å². The number of nitrogens with one attached hydrogen (secondary N) is 1. The molecule has 0 fully saturated rings. The normalized spacial score (nSPS) is 10.6. The fourth-order valence-corrected chi connectivity index (χ4v) is 2.20. The Morgan fingerprint density at radius 1 is 1.05 bits per heavy atom. The van der Waals surface area contributed by atoms with Crippen molar-refractivity contribution in [3.05, 3.63) is 62.0 Å². The maximum absolute atomic E-state index is 13.7. The van der Waals surface area contributed by atoms with Crippen LogP contribution in [0.3, 0.4) is 0 Å². The van der Waals surface area contributed by atoms with Crippen molar-refractivity contribution >= 4 is 44.8 Å². The molecule has 0 spiro atoms. The van der Waals surface area contributed by atoms with E-state index in [0.717, 1.165) is 0 Å². The second-order valence-corrected chi connectivity index (χ2v) is 5.47. The number of benzene rings is 2. The molecule has 0 amide bonds. The van der Waals surface area contributed by atoms with Gasteiger partial charge in [0.2, 0.25) is 0 Å². The van der Waals surface area contributed by atoms with Crippen molar-refractivity contribution in [3.63, 3.8) is 0 Å². The van der Waals surface area contributed by atoms with Gasteiger partial charge in [-0.2, -0.15) is 0 Å². The highest BCUT2D eigenvalue weighted by atomic mass is 79.9. The Labute approximate surface area is 127 Å². The first-order valence-electron chi connectivity index (χ1n) is 5.30. The van der Waals surface area contributed by atoms with E-state index in [1.807, 2.05) is 0 Å². The lowest BCUT2D eigenvalue weighted by molar-refractivity contribution is 0.556. The van der Waals surface area contributed by atoms with Gasteiger partial charge in [0.1, 0.15) is 11.6 Å². The summed E-state index contributed by atoms with van der Waals surface area (Å²) >= 11 is 14.7. The monoisotopic (exact) mass is 365 g/mol. The fourth-order valence-electron chi connectivity index (χ4n) is 1.53. The standard InChI is InChI=1S/C13H8BrCl2F2N/c14-9-2-4-12(17)8(13(9)18)6-19-7-1-3-10(15)11(16)5-7/h1-5,19H,6H2. The van der Waals surface area contributed by atoms with Gasteiger partial charge < -0.3 is 5.32 Å². The van der Waals surface area contributed by atoms with Crippen LogP contribution in [0.5, 0.6) is 0 Å². The predicted molar refractivity (Wildman–Crippen MR) is 77.8 cm³/mol. The molecule has 0 unspecified atom stereocenters. The molecule has 6 heteroatoms. The van der Waals surface area contributed by atoms with Crippen LogP contribution >= 0.6 is 39.1 Å². The highest BCUT2D eigenvalue weighted by molar-refractivity contribution is 9.10. The summed E-state index contributed by atoms with van der Waals surface area (Å²) in [5, 5.41) is 3.69. The van der Waals surface area contributed by atoms with Crippen LogP contribution in [0.4, 0.5) is 14.5 Å². The van der Waals surface area contributed by atoms with Gasteiger partial charge >= 0.3 is 0 Å².